The molecule has 2 fully saturated rings. The number of hydrogen-bond donors (Lipinski definition) is 1. The number of hydrogen-bond acceptors (Lipinski definition) is 2. The summed E-state index contributed by atoms with van der Waals surface area (Å²) >= 11 is 5.99. The molecule has 0 radical (unpaired) electrons. The fraction of sp³-hybridized carbons (Fsp3) is 0.526. The van der Waals surface area contributed by atoms with Crippen LogP contribution in [0.2, 0.25) is 5.02 Å². The maximum atomic E-state index is 5.99. The molecule has 0 spiro atoms. The Labute approximate surface area is 143 Å². The van der Waals surface area contributed by atoms with Crippen LogP contribution in [0.3, 0.4) is 0 Å². The molecule has 0 amide bonds. The summed E-state index contributed by atoms with van der Waals surface area (Å²) in [4.78, 5) is 2.58. The monoisotopic (exact) mass is 329 g/mol. The van der Waals surface area contributed by atoms with Crippen LogP contribution in [-0.2, 0) is 6.54 Å². The molecular formula is C19H24ClN3. The fourth-order valence-corrected chi connectivity index (χ4v) is 4.16. The Bertz CT molecular complexity index is 637. The third kappa shape index (κ3) is 3.31. The molecule has 1 aromatic carbocycles. The van der Waals surface area contributed by atoms with Crippen molar-refractivity contribution in [3.05, 3.63) is 41.0 Å². The number of nitrogens with one attached hydrogen (secondary N) is 1. The van der Waals surface area contributed by atoms with Crippen molar-refractivity contribution in [2.75, 3.05) is 13.1 Å². The van der Waals surface area contributed by atoms with E-state index in [1.807, 2.05) is 18.3 Å². The van der Waals surface area contributed by atoms with Crippen molar-refractivity contribution in [2.45, 2.75) is 38.6 Å². The van der Waals surface area contributed by atoms with Gasteiger partial charge in [-0.05, 0) is 55.5 Å². The van der Waals surface area contributed by atoms with Crippen LogP contribution in [0.5, 0.6) is 0 Å². The van der Waals surface area contributed by atoms with Gasteiger partial charge in [-0.15, -0.1) is 0 Å². The van der Waals surface area contributed by atoms with Gasteiger partial charge in [-0.25, -0.2) is 0 Å². The first kappa shape index (κ1) is 15.2. The Balaban J connectivity index is 1.40. The average molecular weight is 330 g/mol. The number of piperidine rings is 1. The minimum absolute atomic E-state index is 0.771. The quantitative estimate of drug-likeness (QED) is 0.878. The smallest absolute Gasteiger partial charge is 0.0695 e. The maximum absolute atomic E-state index is 5.99. The summed E-state index contributed by atoms with van der Waals surface area (Å²) in [6, 6.07) is 7.99. The molecule has 2 heterocycles. The molecule has 4 heteroatoms. The molecule has 0 atom stereocenters. The summed E-state index contributed by atoms with van der Waals surface area (Å²) in [6.07, 6.45) is 9.14. The molecule has 2 aliphatic rings. The molecule has 3 nitrogen and oxygen atoms in total. The number of halogens is 1. The highest BCUT2D eigenvalue weighted by Gasteiger charge is 2.30. The van der Waals surface area contributed by atoms with Gasteiger partial charge in [0, 0.05) is 17.1 Å². The third-order valence-corrected chi connectivity index (χ3v) is 5.95. The lowest BCUT2D eigenvalue weighted by Crippen LogP contribution is -2.37. The van der Waals surface area contributed by atoms with Crippen molar-refractivity contribution >= 4 is 11.6 Å². The molecule has 4 rings (SSSR count). The zero-order valence-corrected chi connectivity index (χ0v) is 14.2. The highest BCUT2D eigenvalue weighted by molar-refractivity contribution is 6.30. The van der Waals surface area contributed by atoms with Gasteiger partial charge in [-0.3, -0.25) is 10.00 Å². The van der Waals surface area contributed by atoms with Crippen molar-refractivity contribution in [3.63, 3.8) is 0 Å². The summed E-state index contributed by atoms with van der Waals surface area (Å²) in [7, 11) is 0. The summed E-state index contributed by atoms with van der Waals surface area (Å²) < 4.78 is 0. The van der Waals surface area contributed by atoms with Gasteiger partial charge >= 0.3 is 0 Å². The van der Waals surface area contributed by atoms with Gasteiger partial charge in [0.1, 0.15) is 0 Å². The number of aromatic nitrogens is 2. The van der Waals surface area contributed by atoms with E-state index in [9.17, 15) is 0 Å². The van der Waals surface area contributed by atoms with Crippen LogP contribution in [0.4, 0.5) is 0 Å². The van der Waals surface area contributed by atoms with Gasteiger partial charge in [-0.1, -0.05) is 43.0 Å². The van der Waals surface area contributed by atoms with E-state index in [1.165, 1.54) is 50.8 Å². The molecule has 1 N–H and O–H groups in total. The highest BCUT2D eigenvalue weighted by atomic mass is 35.5. The zero-order chi connectivity index (χ0) is 15.6. The molecular weight excluding hydrogens is 306 g/mol. The number of H-pyrrole nitrogens is 1. The minimum Gasteiger partial charge on any atom is -0.299 e. The SMILES string of the molecule is Clc1ccc(-c2[nH]ncc2CN2CCC(C3CCC3)CC2)cc1. The number of benzene rings is 1. The molecule has 122 valence electrons. The van der Waals surface area contributed by atoms with Crippen molar-refractivity contribution < 1.29 is 0 Å². The van der Waals surface area contributed by atoms with Gasteiger partial charge in [0.25, 0.3) is 0 Å². The Morgan fingerprint density at radius 1 is 1.04 bits per heavy atom. The van der Waals surface area contributed by atoms with Gasteiger partial charge in [-0.2, -0.15) is 5.10 Å². The first-order valence-electron chi connectivity index (χ1n) is 8.80. The van der Waals surface area contributed by atoms with E-state index in [1.54, 1.807) is 0 Å². The zero-order valence-electron chi connectivity index (χ0n) is 13.5. The molecule has 1 aliphatic heterocycles. The van der Waals surface area contributed by atoms with Crippen LogP contribution in [0.1, 0.15) is 37.7 Å². The Morgan fingerprint density at radius 3 is 2.39 bits per heavy atom. The predicted octanol–water partition coefficient (Wildman–Crippen LogP) is 4.74. The second kappa shape index (κ2) is 6.66. The van der Waals surface area contributed by atoms with Crippen molar-refractivity contribution in [3.8, 4) is 11.3 Å². The summed E-state index contributed by atoms with van der Waals surface area (Å²) in [5.74, 6) is 2.02. The van der Waals surface area contributed by atoms with Crippen LogP contribution in [-0.4, -0.2) is 28.2 Å². The molecule has 0 unspecified atom stereocenters. The third-order valence-electron chi connectivity index (χ3n) is 5.69. The molecule has 1 aliphatic carbocycles. The van der Waals surface area contributed by atoms with E-state index in [2.05, 4.69) is 27.2 Å². The summed E-state index contributed by atoms with van der Waals surface area (Å²) in [5.41, 5.74) is 3.57. The molecule has 1 saturated carbocycles. The van der Waals surface area contributed by atoms with E-state index in [-0.39, 0.29) is 0 Å². The van der Waals surface area contributed by atoms with E-state index in [0.29, 0.717) is 0 Å². The average Bonchev–Trinajstić information content (AvgIpc) is 2.96. The lowest BCUT2D eigenvalue weighted by atomic mass is 9.72. The van der Waals surface area contributed by atoms with E-state index in [4.69, 9.17) is 11.6 Å². The van der Waals surface area contributed by atoms with Crippen LogP contribution in [0.15, 0.2) is 30.5 Å². The number of nitrogens with zero attached hydrogens (tertiary/aromatic N) is 2. The second-order valence-electron chi connectivity index (χ2n) is 7.08. The van der Waals surface area contributed by atoms with Crippen LogP contribution in [0.25, 0.3) is 11.3 Å². The summed E-state index contributed by atoms with van der Waals surface area (Å²) in [6.45, 7) is 3.45. The first-order chi connectivity index (χ1) is 11.3. The topological polar surface area (TPSA) is 31.9 Å². The van der Waals surface area contributed by atoms with Crippen LogP contribution < -0.4 is 0 Å². The number of rotatable bonds is 4. The normalized spacial score (nSPS) is 20.6. The Hall–Kier alpha value is -1.32. The van der Waals surface area contributed by atoms with Gasteiger partial charge in [0.15, 0.2) is 0 Å². The number of aromatic amines is 1. The lowest BCUT2D eigenvalue weighted by molar-refractivity contribution is 0.104. The van der Waals surface area contributed by atoms with Crippen molar-refractivity contribution in [1.82, 2.24) is 15.1 Å². The van der Waals surface area contributed by atoms with Crippen molar-refractivity contribution in [1.29, 1.82) is 0 Å². The Kier molecular flexibility index (Phi) is 4.41. The Morgan fingerprint density at radius 2 is 1.74 bits per heavy atom. The molecule has 23 heavy (non-hydrogen) atoms. The van der Waals surface area contributed by atoms with Gasteiger partial charge in [0.2, 0.25) is 0 Å². The standard InChI is InChI=1S/C19H24ClN3/c20-18-6-4-16(5-7-18)19-17(12-21-22-19)13-23-10-8-15(9-11-23)14-2-1-3-14/h4-7,12,14-15H,1-3,8-11,13H2,(H,21,22). The molecule has 1 aromatic heterocycles. The fourth-order valence-electron chi connectivity index (χ4n) is 4.03. The largest absolute Gasteiger partial charge is 0.299 e. The van der Waals surface area contributed by atoms with E-state index in [0.717, 1.165) is 34.7 Å². The van der Waals surface area contributed by atoms with Gasteiger partial charge < -0.3 is 0 Å². The second-order valence-corrected chi connectivity index (χ2v) is 7.52. The lowest BCUT2D eigenvalue weighted by Gasteiger charge is -2.39. The van der Waals surface area contributed by atoms with Crippen LogP contribution in [0, 0.1) is 11.8 Å². The summed E-state index contributed by atoms with van der Waals surface area (Å²) in [5, 5.41) is 8.20. The van der Waals surface area contributed by atoms with Gasteiger partial charge in [0.05, 0.1) is 11.9 Å². The molecule has 1 saturated heterocycles. The van der Waals surface area contributed by atoms with E-state index < -0.39 is 0 Å². The van der Waals surface area contributed by atoms with E-state index >= 15 is 0 Å². The number of likely N-dealkylation sites (tertiary alicyclic amines) is 1. The van der Waals surface area contributed by atoms with Crippen LogP contribution >= 0.6 is 11.6 Å². The minimum atomic E-state index is 0.771. The predicted molar refractivity (Wildman–Crippen MR) is 94.4 cm³/mol. The highest BCUT2D eigenvalue weighted by Crippen LogP contribution is 2.39. The molecule has 0 bridgehead atoms. The first-order valence-corrected chi connectivity index (χ1v) is 9.18. The molecule has 2 aromatic rings. The van der Waals surface area contributed by atoms with Crippen molar-refractivity contribution in [2.24, 2.45) is 11.8 Å². The maximum Gasteiger partial charge on any atom is 0.0695 e.